The molecule has 28 heavy (non-hydrogen) atoms. The molecular weight excluding hydrogens is 360 g/mol. The minimum absolute atomic E-state index is 0.219. The molecule has 2 N–H and O–H groups in total. The van der Waals surface area contributed by atoms with Gasteiger partial charge in [-0.05, 0) is 56.3 Å². The first-order valence-corrected chi connectivity index (χ1v) is 9.16. The first-order valence-electron chi connectivity index (χ1n) is 9.16. The average Bonchev–Trinajstić information content (AvgIpc) is 3.33. The summed E-state index contributed by atoms with van der Waals surface area (Å²) < 4.78 is 18.1. The van der Waals surface area contributed by atoms with E-state index in [2.05, 4.69) is 15.4 Å². The molecule has 8 heteroatoms. The lowest BCUT2D eigenvalue weighted by Crippen LogP contribution is -2.15. The van der Waals surface area contributed by atoms with Crippen molar-refractivity contribution in [1.82, 2.24) is 14.8 Å². The summed E-state index contributed by atoms with van der Waals surface area (Å²) in [4.78, 5) is 4.54. The van der Waals surface area contributed by atoms with Crippen LogP contribution in [-0.2, 0) is 0 Å². The van der Waals surface area contributed by atoms with Crippen molar-refractivity contribution in [3.05, 3.63) is 42.5 Å². The van der Waals surface area contributed by atoms with Crippen molar-refractivity contribution >= 4 is 5.69 Å². The smallest absolute Gasteiger partial charge is 0.336 e. The molecule has 146 valence electrons. The average molecular weight is 382 g/mol. The lowest BCUT2D eigenvalue weighted by Gasteiger charge is -2.10. The Morgan fingerprint density at radius 3 is 2.71 bits per heavy atom. The molecule has 0 amide bonds. The number of hydrogen-bond donors (Lipinski definition) is 2. The fraction of sp³-hybridized carbons (Fsp3) is 0.300. The summed E-state index contributed by atoms with van der Waals surface area (Å²) in [6, 6.07) is 13.7. The molecule has 0 unspecified atom stereocenters. The molecule has 0 saturated heterocycles. The van der Waals surface area contributed by atoms with Crippen LogP contribution in [0.5, 0.6) is 17.5 Å². The number of nitrogens with one attached hydrogen (secondary N) is 1. The van der Waals surface area contributed by atoms with Crippen molar-refractivity contribution in [2.24, 2.45) is 0 Å². The van der Waals surface area contributed by atoms with E-state index in [1.807, 2.05) is 49.4 Å². The Hall–Kier alpha value is -3.26. The minimum atomic E-state index is -0.415. The highest BCUT2D eigenvalue weighted by Crippen LogP contribution is 2.36. The van der Waals surface area contributed by atoms with Crippen molar-refractivity contribution in [3.8, 4) is 34.6 Å². The number of anilines is 1. The molecule has 2 heterocycles. The molecule has 0 radical (unpaired) electrons. The summed E-state index contributed by atoms with van der Waals surface area (Å²) in [5.74, 6) is 2.04. The normalized spacial score (nSPS) is 13.4. The Morgan fingerprint density at radius 2 is 1.96 bits per heavy atom. The number of hydrogen-bond acceptors (Lipinski definition) is 7. The SMILES string of the molecule is CCOc1nc(-c2ccc3c(c2)OCO3)n(-c2ccc(NC[C@@H](C)O)cc2)n1. The summed E-state index contributed by atoms with van der Waals surface area (Å²) in [5, 5.41) is 17.1. The van der Waals surface area contributed by atoms with Crippen LogP contribution in [0.2, 0.25) is 0 Å². The molecule has 1 aliphatic heterocycles. The zero-order chi connectivity index (χ0) is 19.5. The molecule has 0 spiro atoms. The van der Waals surface area contributed by atoms with Gasteiger partial charge in [0.2, 0.25) is 6.79 Å². The number of fused-ring (bicyclic) bond motifs is 1. The highest BCUT2D eigenvalue weighted by molar-refractivity contribution is 5.64. The molecule has 4 rings (SSSR count). The molecule has 0 saturated carbocycles. The highest BCUT2D eigenvalue weighted by Gasteiger charge is 2.19. The van der Waals surface area contributed by atoms with Gasteiger partial charge < -0.3 is 24.6 Å². The second kappa shape index (κ2) is 7.77. The van der Waals surface area contributed by atoms with Gasteiger partial charge in [0.05, 0.1) is 18.4 Å². The third kappa shape index (κ3) is 3.72. The van der Waals surface area contributed by atoms with Gasteiger partial charge in [0.25, 0.3) is 0 Å². The number of ether oxygens (including phenoxy) is 3. The van der Waals surface area contributed by atoms with E-state index in [0.717, 1.165) is 16.9 Å². The van der Waals surface area contributed by atoms with Crippen LogP contribution >= 0.6 is 0 Å². The zero-order valence-corrected chi connectivity index (χ0v) is 15.8. The molecule has 0 fully saturated rings. The predicted octanol–water partition coefficient (Wildman–Crippen LogP) is 2.85. The summed E-state index contributed by atoms with van der Waals surface area (Å²) in [7, 11) is 0. The van der Waals surface area contributed by atoms with Crippen molar-refractivity contribution in [2.45, 2.75) is 20.0 Å². The van der Waals surface area contributed by atoms with Gasteiger partial charge >= 0.3 is 6.01 Å². The summed E-state index contributed by atoms with van der Waals surface area (Å²) >= 11 is 0. The number of benzene rings is 2. The molecule has 0 aliphatic carbocycles. The van der Waals surface area contributed by atoms with Crippen molar-refractivity contribution in [3.63, 3.8) is 0 Å². The second-order valence-electron chi connectivity index (χ2n) is 6.41. The standard InChI is InChI=1S/C20H22N4O4/c1-3-26-20-22-19(14-4-9-17-18(10-14)28-12-27-17)24(23-20)16-7-5-15(6-8-16)21-11-13(2)25/h4-10,13,21,25H,3,11-12H2,1-2H3/t13-/m1/s1. The Kier molecular flexibility index (Phi) is 5.03. The topological polar surface area (TPSA) is 90.7 Å². The highest BCUT2D eigenvalue weighted by atomic mass is 16.7. The Bertz CT molecular complexity index is 953. The third-order valence-corrected chi connectivity index (χ3v) is 4.21. The lowest BCUT2D eigenvalue weighted by atomic mass is 10.2. The molecule has 1 aliphatic rings. The quantitative estimate of drug-likeness (QED) is 0.649. The van der Waals surface area contributed by atoms with Crippen LogP contribution in [0.15, 0.2) is 42.5 Å². The van der Waals surface area contributed by atoms with Crippen LogP contribution in [0.4, 0.5) is 5.69 Å². The van der Waals surface area contributed by atoms with Gasteiger partial charge in [-0.3, -0.25) is 0 Å². The van der Waals surface area contributed by atoms with Crippen molar-refractivity contribution in [1.29, 1.82) is 0 Å². The van der Waals surface area contributed by atoms with Gasteiger partial charge in [0.1, 0.15) is 0 Å². The Labute approximate surface area is 162 Å². The molecular formula is C20H22N4O4. The van der Waals surface area contributed by atoms with Gasteiger partial charge in [0.15, 0.2) is 17.3 Å². The van der Waals surface area contributed by atoms with Crippen LogP contribution < -0.4 is 19.5 Å². The number of rotatable bonds is 7. The number of aromatic nitrogens is 3. The summed E-state index contributed by atoms with van der Waals surface area (Å²) in [6.07, 6.45) is -0.415. The molecule has 1 aromatic heterocycles. The van der Waals surface area contributed by atoms with E-state index in [1.54, 1.807) is 11.6 Å². The monoisotopic (exact) mass is 382 g/mol. The van der Waals surface area contributed by atoms with Crippen LogP contribution in [0.25, 0.3) is 17.1 Å². The Balaban J connectivity index is 1.68. The molecule has 3 aromatic rings. The van der Waals surface area contributed by atoms with Crippen LogP contribution in [0.3, 0.4) is 0 Å². The second-order valence-corrected chi connectivity index (χ2v) is 6.41. The van der Waals surface area contributed by atoms with E-state index in [-0.39, 0.29) is 6.79 Å². The van der Waals surface area contributed by atoms with E-state index < -0.39 is 6.10 Å². The first-order chi connectivity index (χ1) is 13.6. The number of aliphatic hydroxyl groups excluding tert-OH is 1. The van der Waals surface area contributed by atoms with Crippen LogP contribution in [0, 0.1) is 0 Å². The maximum absolute atomic E-state index is 9.41. The summed E-state index contributed by atoms with van der Waals surface area (Å²) in [5.41, 5.74) is 2.60. The largest absolute Gasteiger partial charge is 0.463 e. The van der Waals surface area contributed by atoms with E-state index >= 15 is 0 Å². The van der Waals surface area contributed by atoms with Gasteiger partial charge in [0, 0.05) is 17.8 Å². The Morgan fingerprint density at radius 1 is 1.18 bits per heavy atom. The minimum Gasteiger partial charge on any atom is -0.463 e. The van der Waals surface area contributed by atoms with E-state index in [9.17, 15) is 5.11 Å². The van der Waals surface area contributed by atoms with Crippen molar-refractivity contribution in [2.75, 3.05) is 25.3 Å². The van der Waals surface area contributed by atoms with E-state index in [1.165, 1.54) is 0 Å². The van der Waals surface area contributed by atoms with Gasteiger partial charge in [-0.1, -0.05) is 0 Å². The summed E-state index contributed by atoms with van der Waals surface area (Å²) in [6.45, 7) is 4.82. The van der Waals surface area contributed by atoms with Crippen molar-refractivity contribution < 1.29 is 19.3 Å². The first kappa shape index (κ1) is 18.1. The fourth-order valence-electron chi connectivity index (χ4n) is 2.87. The fourth-order valence-corrected chi connectivity index (χ4v) is 2.87. The van der Waals surface area contributed by atoms with Gasteiger partial charge in [-0.15, -0.1) is 5.10 Å². The maximum atomic E-state index is 9.41. The molecule has 2 aromatic carbocycles. The van der Waals surface area contributed by atoms with Gasteiger partial charge in [-0.2, -0.15) is 4.98 Å². The van der Waals surface area contributed by atoms with E-state index in [4.69, 9.17) is 14.2 Å². The molecule has 1 atom stereocenters. The maximum Gasteiger partial charge on any atom is 0.336 e. The van der Waals surface area contributed by atoms with E-state index in [0.29, 0.717) is 36.5 Å². The van der Waals surface area contributed by atoms with Crippen LogP contribution in [0.1, 0.15) is 13.8 Å². The predicted molar refractivity (Wildman–Crippen MR) is 104 cm³/mol. The van der Waals surface area contributed by atoms with Crippen LogP contribution in [-0.4, -0.2) is 45.9 Å². The number of aliphatic hydroxyl groups is 1. The lowest BCUT2D eigenvalue weighted by molar-refractivity contribution is 0.174. The molecule has 8 nitrogen and oxygen atoms in total. The third-order valence-electron chi connectivity index (χ3n) is 4.21. The zero-order valence-electron chi connectivity index (χ0n) is 15.8. The van der Waals surface area contributed by atoms with Gasteiger partial charge in [-0.25, -0.2) is 4.68 Å². The number of nitrogens with zero attached hydrogens (tertiary/aromatic N) is 3. The molecule has 0 bridgehead atoms.